The first-order valence-corrected chi connectivity index (χ1v) is 6.98. The lowest BCUT2D eigenvalue weighted by Crippen LogP contribution is -2.53. The molecular weight excluding hydrogens is 339 g/mol. The third kappa shape index (κ3) is 4.68. The topological polar surface area (TPSA) is 68.2 Å². The van der Waals surface area contributed by atoms with Crippen molar-refractivity contribution >= 4 is 36.4 Å². The zero-order valence-corrected chi connectivity index (χ0v) is 14.3. The van der Waals surface area contributed by atoms with Crippen LogP contribution >= 0.6 is 24.8 Å². The molecule has 6 nitrogen and oxygen atoms in total. The monoisotopic (exact) mass is 358 g/mol. The van der Waals surface area contributed by atoms with E-state index in [1.807, 2.05) is 42.0 Å². The van der Waals surface area contributed by atoms with Crippen molar-refractivity contribution in [2.24, 2.45) is 0 Å². The van der Waals surface area contributed by atoms with Crippen molar-refractivity contribution in [3.05, 3.63) is 43.0 Å². The lowest BCUT2D eigenvalue weighted by Gasteiger charge is -2.29. The van der Waals surface area contributed by atoms with Crippen molar-refractivity contribution in [1.82, 2.24) is 14.9 Å². The van der Waals surface area contributed by atoms with Gasteiger partial charge in [0.15, 0.2) is 0 Å². The predicted octanol–water partition coefficient (Wildman–Crippen LogP) is 2.03. The predicted molar refractivity (Wildman–Crippen MR) is 93.9 cm³/mol. The molecule has 1 aliphatic heterocycles. The Morgan fingerprint density at radius 2 is 2.09 bits per heavy atom. The average molecular weight is 359 g/mol. The number of ether oxygens (including phenoxy) is 1. The molecule has 1 aromatic carbocycles. The number of carbonyl (C=O) groups excluding carboxylic acids is 1. The van der Waals surface area contributed by atoms with Crippen LogP contribution in [0.1, 0.15) is 6.92 Å². The molecule has 1 aliphatic rings. The number of carbonyl (C=O) groups is 1. The van der Waals surface area contributed by atoms with E-state index >= 15 is 0 Å². The van der Waals surface area contributed by atoms with Crippen LogP contribution in [-0.2, 0) is 9.53 Å². The number of anilines is 1. The number of nitrogens with zero attached hydrogens (tertiary/aromatic N) is 2. The third-order valence-corrected chi connectivity index (χ3v) is 3.54. The number of amides is 1. The Labute approximate surface area is 147 Å². The Bertz CT molecular complexity index is 604. The number of nitrogens with one attached hydrogen (secondary N) is 2. The first-order valence-electron chi connectivity index (χ1n) is 6.98. The largest absolute Gasteiger partial charge is 0.375 e. The minimum absolute atomic E-state index is 0. The van der Waals surface area contributed by atoms with Gasteiger partial charge in [-0.1, -0.05) is 0 Å². The molecule has 2 heterocycles. The minimum Gasteiger partial charge on any atom is -0.375 e. The van der Waals surface area contributed by atoms with E-state index in [0.29, 0.717) is 13.2 Å². The maximum Gasteiger partial charge on any atom is 0.244 e. The molecule has 2 N–H and O–H groups in total. The lowest BCUT2D eigenvalue weighted by atomic mass is 10.1. The molecule has 2 atom stereocenters. The van der Waals surface area contributed by atoms with Crippen LogP contribution in [0.3, 0.4) is 0 Å². The Balaban J connectivity index is 0.00000132. The lowest BCUT2D eigenvalue weighted by molar-refractivity contribution is -0.123. The Kier molecular flexibility index (Phi) is 7.51. The van der Waals surface area contributed by atoms with Crippen LogP contribution in [0, 0.1) is 0 Å². The summed E-state index contributed by atoms with van der Waals surface area (Å²) in [5.74, 6) is -0.0717. The quantitative estimate of drug-likeness (QED) is 0.880. The van der Waals surface area contributed by atoms with E-state index in [2.05, 4.69) is 15.6 Å². The van der Waals surface area contributed by atoms with Crippen LogP contribution in [0.25, 0.3) is 5.69 Å². The highest BCUT2D eigenvalue weighted by atomic mass is 35.5. The number of halogens is 2. The summed E-state index contributed by atoms with van der Waals surface area (Å²) in [6.07, 6.45) is 5.21. The fraction of sp³-hybridized carbons (Fsp3) is 0.333. The molecule has 3 rings (SSSR count). The van der Waals surface area contributed by atoms with E-state index in [-0.39, 0.29) is 42.9 Å². The van der Waals surface area contributed by atoms with E-state index in [1.165, 1.54) is 0 Å². The smallest absolute Gasteiger partial charge is 0.244 e. The second-order valence-corrected chi connectivity index (χ2v) is 5.01. The van der Waals surface area contributed by atoms with E-state index in [1.54, 1.807) is 12.5 Å². The molecule has 0 bridgehead atoms. The Morgan fingerprint density at radius 3 is 2.70 bits per heavy atom. The fourth-order valence-electron chi connectivity index (χ4n) is 2.38. The molecule has 126 valence electrons. The standard InChI is InChI=1S/C15H18N4O2.2ClH/c1-11-14(17-7-9-21-11)15(20)18-12-2-4-13(5-3-12)19-8-6-16-10-19;;/h2-6,8,10-11,14,17H,7,9H2,1H3,(H,18,20);2*1H/t11-,14+;;/m1../s1. The zero-order valence-electron chi connectivity index (χ0n) is 12.6. The van der Waals surface area contributed by atoms with Crippen molar-refractivity contribution < 1.29 is 9.53 Å². The summed E-state index contributed by atoms with van der Waals surface area (Å²) in [5.41, 5.74) is 1.77. The first kappa shape index (κ1) is 19.4. The van der Waals surface area contributed by atoms with Gasteiger partial charge in [0.25, 0.3) is 0 Å². The van der Waals surface area contributed by atoms with Crippen molar-refractivity contribution in [1.29, 1.82) is 0 Å². The van der Waals surface area contributed by atoms with Gasteiger partial charge in [-0.3, -0.25) is 4.79 Å². The number of aromatic nitrogens is 2. The zero-order chi connectivity index (χ0) is 14.7. The summed E-state index contributed by atoms with van der Waals surface area (Å²) in [5, 5.41) is 6.08. The maximum atomic E-state index is 12.2. The summed E-state index contributed by atoms with van der Waals surface area (Å²) in [6.45, 7) is 3.24. The normalized spacial score (nSPS) is 20.0. The molecule has 1 amide bonds. The van der Waals surface area contributed by atoms with Gasteiger partial charge in [0.05, 0.1) is 19.0 Å². The molecule has 1 aromatic heterocycles. The minimum atomic E-state index is -0.313. The van der Waals surface area contributed by atoms with Gasteiger partial charge in [0, 0.05) is 30.3 Å². The summed E-state index contributed by atoms with van der Waals surface area (Å²) in [7, 11) is 0. The number of hydrogen-bond acceptors (Lipinski definition) is 4. The van der Waals surface area contributed by atoms with Crippen LogP contribution in [-0.4, -0.2) is 40.8 Å². The van der Waals surface area contributed by atoms with Gasteiger partial charge in [0.2, 0.25) is 5.91 Å². The van der Waals surface area contributed by atoms with Gasteiger partial charge in [0.1, 0.15) is 6.04 Å². The summed E-state index contributed by atoms with van der Waals surface area (Å²) in [4.78, 5) is 16.2. The SMILES string of the molecule is C[C@H]1OCCN[C@@H]1C(=O)Nc1ccc(-n2ccnc2)cc1.Cl.Cl. The number of benzene rings is 1. The van der Waals surface area contributed by atoms with Gasteiger partial charge in [-0.25, -0.2) is 4.98 Å². The van der Waals surface area contributed by atoms with E-state index < -0.39 is 0 Å². The van der Waals surface area contributed by atoms with Gasteiger partial charge in [-0.05, 0) is 31.2 Å². The van der Waals surface area contributed by atoms with Crippen molar-refractivity contribution in [2.45, 2.75) is 19.1 Å². The molecule has 0 unspecified atom stereocenters. The number of rotatable bonds is 3. The highest BCUT2D eigenvalue weighted by Crippen LogP contribution is 2.14. The highest BCUT2D eigenvalue weighted by Gasteiger charge is 2.28. The fourth-order valence-corrected chi connectivity index (χ4v) is 2.38. The molecule has 1 saturated heterocycles. The van der Waals surface area contributed by atoms with Crippen molar-refractivity contribution in [3.8, 4) is 5.69 Å². The Morgan fingerprint density at radius 1 is 1.35 bits per heavy atom. The van der Waals surface area contributed by atoms with Crippen molar-refractivity contribution in [3.63, 3.8) is 0 Å². The molecule has 2 aromatic rings. The Hall–Kier alpha value is -1.60. The van der Waals surface area contributed by atoms with Gasteiger partial charge in [-0.15, -0.1) is 24.8 Å². The van der Waals surface area contributed by atoms with Crippen LogP contribution in [0.4, 0.5) is 5.69 Å². The average Bonchev–Trinajstić information content (AvgIpc) is 3.02. The van der Waals surface area contributed by atoms with E-state index in [9.17, 15) is 4.79 Å². The molecule has 0 aliphatic carbocycles. The maximum absolute atomic E-state index is 12.2. The van der Waals surface area contributed by atoms with Crippen LogP contribution < -0.4 is 10.6 Å². The second kappa shape index (κ2) is 8.88. The number of morpholine rings is 1. The summed E-state index contributed by atoms with van der Waals surface area (Å²) < 4.78 is 7.39. The third-order valence-electron chi connectivity index (χ3n) is 3.54. The molecule has 8 heteroatoms. The van der Waals surface area contributed by atoms with E-state index in [0.717, 1.165) is 11.4 Å². The highest BCUT2D eigenvalue weighted by molar-refractivity contribution is 5.95. The van der Waals surface area contributed by atoms with Gasteiger partial charge in [-0.2, -0.15) is 0 Å². The molecule has 23 heavy (non-hydrogen) atoms. The van der Waals surface area contributed by atoms with Gasteiger partial charge < -0.3 is 19.9 Å². The van der Waals surface area contributed by atoms with Crippen LogP contribution in [0.2, 0.25) is 0 Å². The first-order chi connectivity index (χ1) is 10.2. The van der Waals surface area contributed by atoms with Crippen molar-refractivity contribution in [2.75, 3.05) is 18.5 Å². The number of hydrogen-bond donors (Lipinski definition) is 2. The summed E-state index contributed by atoms with van der Waals surface area (Å²) in [6, 6.07) is 7.31. The molecular formula is C15H20Cl2N4O2. The molecule has 0 spiro atoms. The molecule has 0 saturated carbocycles. The number of imidazole rings is 1. The van der Waals surface area contributed by atoms with E-state index in [4.69, 9.17) is 4.74 Å². The van der Waals surface area contributed by atoms with Crippen LogP contribution in [0.15, 0.2) is 43.0 Å². The second-order valence-electron chi connectivity index (χ2n) is 5.01. The summed E-state index contributed by atoms with van der Waals surface area (Å²) >= 11 is 0. The molecule has 0 radical (unpaired) electrons. The van der Waals surface area contributed by atoms with Crippen LogP contribution in [0.5, 0.6) is 0 Å². The molecule has 1 fully saturated rings. The van der Waals surface area contributed by atoms with Gasteiger partial charge >= 0.3 is 0 Å².